The van der Waals surface area contributed by atoms with Crippen LogP contribution in [-0.2, 0) is 0 Å². The minimum Gasteiger partial charge on any atom is -0.312 e. The molecule has 2 aliphatic rings. The van der Waals surface area contributed by atoms with Crippen molar-refractivity contribution in [3.8, 4) is 11.1 Å². The van der Waals surface area contributed by atoms with Crippen molar-refractivity contribution < 1.29 is 0 Å². The van der Waals surface area contributed by atoms with Crippen LogP contribution >= 0.6 is 0 Å². The van der Waals surface area contributed by atoms with Crippen molar-refractivity contribution >= 4 is 126 Å². The molecule has 172 valence electrons. The van der Waals surface area contributed by atoms with E-state index in [0.29, 0.717) is 21.9 Å². The lowest BCUT2D eigenvalue weighted by Gasteiger charge is -2.40. The Kier molecular flexibility index (Phi) is 4.32. The minimum absolute atomic E-state index is 0.0846. The Labute approximate surface area is 238 Å². The maximum absolute atomic E-state index is 6.90. The summed E-state index contributed by atoms with van der Waals surface area (Å²) in [5.41, 5.74) is 10.3. The van der Waals surface area contributed by atoms with E-state index >= 15 is 0 Å². The first-order chi connectivity index (χ1) is 19.5. The average molecular weight is 493 g/mol. The molecular weight excluding hydrogens is 476 g/mol. The van der Waals surface area contributed by atoms with Gasteiger partial charge in [0.25, 0.3) is 0 Å². The van der Waals surface area contributed by atoms with Gasteiger partial charge in [0.1, 0.15) is 31.4 Å². The van der Waals surface area contributed by atoms with Crippen LogP contribution in [0.1, 0.15) is 0 Å². The van der Waals surface area contributed by atoms with Crippen molar-refractivity contribution in [2.45, 2.75) is 0 Å². The van der Waals surface area contributed by atoms with Crippen LogP contribution in [0.4, 0.5) is 17.1 Å². The van der Waals surface area contributed by atoms with Crippen molar-refractivity contribution in [3.05, 3.63) is 97.1 Å². The molecule has 0 fully saturated rings. The van der Waals surface area contributed by atoms with Crippen LogP contribution in [0.25, 0.3) is 43.4 Å². The van der Waals surface area contributed by atoms with E-state index in [1.165, 1.54) is 49.0 Å². The quantitative estimate of drug-likeness (QED) is 0.251. The van der Waals surface area contributed by atoms with Crippen LogP contribution < -0.4 is 43.1 Å². The Morgan fingerprint density at radius 3 is 1.95 bits per heavy atom. The SMILES string of the molecule is [B]c1c([B])c([B])c2c(c1[B])B1c3ccccc3-c3cccc(c31)N2c1ccc2ccc3cccc4ccc1c2c34. The van der Waals surface area contributed by atoms with Gasteiger partial charge in [-0.05, 0) is 55.7 Å². The van der Waals surface area contributed by atoms with E-state index in [0.717, 1.165) is 27.9 Å². The zero-order chi connectivity index (χ0) is 26.9. The van der Waals surface area contributed by atoms with Gasteiger partial charge in [0.2, 0.25) is 6.71 Å². The molecule has 0 spiro atoms. The molecule has 8 radical (unpaired) electrons. The molecule has 0 amide bonds. The highest BCUT2D eigenvalue weighted by Crippen LogP contribution is 2.45. The van der Waals surface area contributed by atoms with Crippen LogP contribution in [0, 0.1) is 0 Å². The van der Waals surface area contributed by atoms with E-state index in [1.807, 2.05) is 0 Å². The highest BCUT2D eigenvalue weighted by molar-refractivity contribution is 7.03. The Morgan fingerprint density at radius 2 is 1.12 bits per heavy atom. The second-order valence-electron chi connectivity index (χ2n) is 11.0. The third kappa shape index (κ3) is 2.60. The number of hydrogen-bond acceptors (Lipinski definition) is 1. The van der Waals surface area contributed by atoms with Gasteiger partial charge < -0.3 is 4.90 Å². The van der Waals surface area contributed by atoms with Gasteiger partial charge in [0.05, 0.1) is 5.69 Å². The lowest BCUT2D eigenvalue weighted by atomic mass is 9.34. The van der Waals surface area contributed by atoms with Crippen molar-refractivity contribution in [1.29, 1.82) is 0 Å². The lowest BCUT2D eigenvalue weighted by molar-refractivity contribution is 1.33. The number of anilines is 3. The first-order valence-electron chi connectivity index (χ1n) is 13.5. The van der Waals surface area contributed by atoms with Gasteiger partial charge in [0.15, 0.2) is 0 Å². The van der Waals surface area contributed by atoms with Crippen LogP contribution in [0.3, 0.4) is 0 Å². The summed E-state index contributed by atoms with van der Waals surface area (Å²) >= 11 is 0. The molecule has 0 aromatic heterocycles. The topological polar surface area (TPSA) is 3.24 Å². The molecule has 0 aliphatic carbocycles. The lowest BCUT2D eigenvalue weighted by Crippen LogP contribution is -2.67. The Balaban J connectivity index is 1.46. The fourth-order valence-electron chi connectivity index (χ4n) is 7.39. The molecule has 0 saturated heterocycles. The average Bonchev–Trinajstić information content (AvgIpc) is 3.33. The molecule has 2 aliphatic heterocycles. The summed E-state index contributed by atoms with van der Waals surface area (Å²) in [5, 5.41) is 7.31. The highest BCUT2D eigenvalue weighted by Gasteiger charge is 2.43. The summed E-state index contributed by atoms with van der Waals surface area (Å²) in [6.45, 7) is -0.0846. The van der Waals surface area contributed by atoms with Gasteiger partial charge in [-0.2, -0.15) is 0 Å². The predicted octanol–water partition coefficient (Wildman–Crippen LogP) is 2.04. The van der Waals surface area contributed by atoms with E-state index < -0.39 is 0 Å². The standard InChI is InChI=1S/C34H16B5N/c35-28-29(36)31(38)34-33(30(28)37)39-23-9-2-1-7-20(23)21-8-4-10-25(32(21)39)40(34)24-16-14-19-12-11-17-5-3-6-18-13-15-22(24)27(19)26(17)18/h1-16H. The molecule has 0 unspecified atom stereocenters. The Morgan fingerprint density at radius 1 is 0.475 bits per heavy atom. The molecule has 0 saturated carbocycles. The third-order valence-corrected chi connectivity index (χ3v) is 9.10. The fraction of sp³-hybridized carbons (Fsp3) is 0. The zero-order valence-corrected chi connectivity index (χ0v) is 21.6. The molecule has 9 rings (SSSR count). The molecule has 1 nitrogen and oxygen atoms in total. The fourth-order valence-corrected chi connectivity index (χ4v) is 7.39. The maximum atomic E-state index is 6.90. The zero-order valence-electron chi connectivity index (χ0n) is 21.6. The van der Waals surface area contributed by atoms with Crippen molar-refractivity contribution in [3.63, 3.8) is 0 Å². The number of fused-ring (bicyclic) bond motifs is 5. The first-order valence-corrected chi connectivity index (χ1v) is 13.5. The van der Waals surface area contributed by atoms with Gasteiger partial charge in [-0.3, -0.25) is 0 Å². The largest absolute Gasteiger partial charge is 0.312 e. The van der Waals surface area contributed by atoms with Crippen LogP contribution in [0.5, 0.6) is 0 Å². The van der Waals surface area contributed by atoms with Gasteiger partial charge in [0, 0.05) is 16.8 Å². The van der Waals surface area contributed by atoms with E-state index in [9.17, 15) is 0 Å². The van der Waals surface area contributed by atoms with E-state index in [-0.39, 0.29) is 6.71 Å². The number of benzene rings is 7. The summed E-state index contributed by atoms with van der Waals surface area (Å²) in [4.78, 5) is 2.27. The predicted molar refractivity (Wildman–Crippen MR) is 176 cm³/mol. The Hall–Kier alpha value is -4.30. The molecule has 7 aromatic carbocycles. The summed E-state index contributed by atoms with van der Waals surface area (Å²) in [6.07, 6.45) is 0. The number of nitrogens with zero attached hydrogens (tertiary/aromatic N) is 1. The molecule has 2 heterocycles. The maximum Gasteiger partial charge on any atom is 0.247 e. The molecule has 7 aromatic rings. The Bertz CT molecular complexity index is 2220. The third-order valence-electron chi connectivity index (χ3n) is 9.10. The van der Waals surface area contributed by atoms with E-state index in [1.54, 1.807) is 0 Å². The number of hydrogen-bond donors (Lipinski definition) is 0. The highest BCUT2D eigenvalue weighted by atomic mass is 15.2. The van der Waals surface area contributed by atoms with Gasteiger partial charge in [-0.15, -0.1) is 16.4 Å². The van der Waals surface area contributed by atoms with Gasteiger partial charge in [-0.1, -0.05) is 101 Å². The summed E-state index contributed by atoms with van der Waals surface area (Å²) in [6, 6.07) is 34.7. The second-order valence-corrected chi connectivity index (χ2v) is 11.0. The molecular formula is C34H16B5N. The second kappa shape index (κ2) is 7.67. The molecule has 0 atom stereocenters. The smallest absolute Gasteiger partial charge is 0.247 e. The van der Waals surface area contributed by atoms with Crippen molar-refractivity contribution in [1.82, 2.24) is 0 Å². The minimum atomic E-state index is -0.0846. The van der Waals surface area contributed by atoms with Crippen LogP contribution in [0.2, 0.25) is 0 Å². The molecule has 0 N–H and O–H groups in total. The van der Waals surface area contributed by atoms with Crippen LogP contribution in [-0.4, -0.2) is 38.1 Å². The summed E-state index contributed by atoms with van der Waals surface area (Å²) in [5.74, 6) is 0. The number of rotatable bonds is 1. The first kappa shape index (κ1) is 22.5. The molecule has 0 bridgehead atoms. The van der Waals surface area contributed by atoms with Gasteiger partial charge in [-0.25, -0.2) is 0 Å². The van der Waals surface area contributed by atoms with Gasteiger partial charge >= 0.3 is 0 Å². The normalized spacial score (nSPS) is 13.3. The van der Waals surface area contributed by atoms with E-state index in [4.69, 9.17) is 31.4 Å². The van der Waals surface area contributed by atoms with Crippen LogP contribution in [0.15, 0.2) is 97.1 Å². The summed E-state index contributed by atoms with van der Waals surface area (Å²) in [7, 11) is 26.8. The molecule has 6 heteroatoms. The molecule has 40 heavy (non-hydrogen) atoms. The van der Waals surface area contributed by atoms with Crippen molar-refractivity contribution in [2.75, 3.05) is 4.90 Å². The monoisotopic (exact) mass is 493 g/mol. The van der Waals surface area contributed by atoms with E-state index in [2.05, 4.69) is 102 Å². The summed E-state index contributed by atoms with van der Waals surface area (Å²) < 4.78 is 0. The van der Waals surface area contributed by atoms with Crippen molar-refractivity contribution in [2.24, 2.45) is 0 Å².